The van der Waals surface area contributed by atoms with Crippen LogP contribution in [0.25, 0.3) is 11.1 Å². The molecule has 3 fully saturated rings. The van der Waals surface area contributed by atoms with Crippen LogP contribution in [0.2, 0.25) is 0 Å². The largest absolute Gasteiger partial charge is 0.495 e. The predicted molar refractivity (Wildman–Crippen MR) is 156 cm³/mol. The lowest BCUT2D eigenvalue weighted by atomic mass is 9.78. The molecular weight excluding hydrogens is 514 g/mol. The van der Waals surface area contributed by atoms with Crippen LogP contribution in [0.5, 0.6) is 5.75 Å². The van der Waals surface area contributed by atoms with Crippen LogP contribution in [0.4, 0.5) is 5.82 Å². The number of aliphatic hydroxyl groups is 1. The summed E-state index contributed by atoms with van der Waals surface area (Å²) >= 11 is 0. The molecule has 41 heavy (non-hydrogen) atoms. The van der Waals surface area contributed by atoms with Crippen LogP contribution >= 0.6 is 0 Å². The maximum atomic E-state index is 14.0. The van der Waals surface area contributed by atoms with Gasteiger partial charge in [0.2, 0.25) is 5.91 Å². The average Bonchev–Trinajstić information content (AvgIpc) is 3.75. The van der Waals surface area contributed by atoms with Gasteiger partial charge < -0.3 is 9.84 Å². The molecule has 3 aliphatic carbocycles. The summed E-state index contributed by atoms with van der Waals surface area (Å²) in [6.45, 7) is 0.647. The zero-order valence-electron chi connectivity index (χ0n) is 23.8. The molecule has 0 radical (unpaired) electrons. The molecule has 3 saturated carbocycles. The number of methoxy groups -OCH3 is 1. The topological polar surface area (TPSA) is 104 Å². The molecule has 8 nitrogen and oxygen atoms in total. The van der Waals surface area contributed by atoms with Crippen molar-refractivity contribution in [3.05, 3.63) is 60.0 Å². The second-order valence-electron chi connectivity index (χ2n) is 12.1. The van der Waals surface area contributed by atoms with Gasteiger partial charge in [0.25, 0.3) is 0 Å². The molecule has 2 aromatic heterocycles. The third-order valence-corrected chi connectivity index (χ3v) is 9.29. The highest BCUT2D eigenvalue weighted by Gasteiger charge is 2.33. The first-order valence-corrected chi connectivity index (χ1v) is 15.1. The summed E-state index contributed by atoms with van der Waals surface area (Å²) in [7, 11) is 1.59. The first-order valence-electron chi connectivity index (χ1n) is 15.1. The fraction of sp³-hybridized carbons (Fsp3) is 0.515. The highest BCUT2D eigenvalue weighted by Crippen LogP contribution is 2.39. The molecule has 0 atom stereocenters. The SMILES string of the molecule is COc1ccc([C@H]2CC[C@H](CN(c3cc(-c4cnn(C5CC5)c4)ccn3)C(=O)[C@H]3CC[C@H](O)CC3)CC2)cc1C#N. The maximum Gasteiger partial charge on any atom is 0.231 e. The van der Waals surface area contributed by atoms with Crippen molar-refractivity contribution in [2.75, 3.05) is 18.6 Å². The van der Waals surface area contributed by atoms with E-state index in [4.69, 9.17) is 9.72 Å². The third kappa shape index (κ3) is 6.15. The number of aromatic nitrogens is 3. The lowest BCUT2D eigenvalue weighted by Crippen LogP contribution is -2.42. The second-order valence-corrected chi connectivity index (χ2v) is 12.1. The Bertz CT molecular complexity index is 1410. The Morgan fingerprint density at radius 2 is 1.83 bits per heavy atom. The highest BCUT2D eigenvalue weighted by molar-refractivity contribution is 5.94. The zero-order chi connectivity index (χ0) is 28.3. The van der Waals surface area contributed by atoms with Crippen molar-refractivity contribution in [1.29, 1.82) is 5.26 Å². The Labute approximate surface area is 242 Å². The van der Waals surface area contributed by atoms with Crippen LogP contribution in [0.3, 0.4) is 0 Å². The number of ether oxygens (including phenoxy) is 1. The molecule has 0 saturated heterocycles. The molecule has 214 valence electrons. The summed E-state index contributed by atoms with van der Waals surface area (Å²) < 4.78 is 7.37. The number of pyridine rings is 1. The van der Waals surface area contributed by atoms with E-state index in [1.807, 2.05) is 40.0 Å². The number of nitriles is 1. The predicted octanol–water partition coefficient (Wildman–Crippen LogP) is 6.02. The molecule has 3 aliphatic rings. The van der Waals surface area contributed by atoms with Gasteiger partial charge in [-0.3, -0.25) is 14.4 Å². The Balaban J connectivity index is 1.19. The number of benzene rings is 1. The van der Waals surface area contributed by atoms with Crippen LogP contribution in [0, 0.1) is 23.2 Å². The summed E-state index contributed by atoms with van der Waals surface area (Å²) in [4.78, 5) is 20.6. The maximum absolute atomic E-state index is 14.0. The van der Waals surface area contributed by atoms with Gasteiger partial charge in [-0.15, -0.1) is 0 Å². The van der Waals surface area contributed by atoms with Gasteiger partial charge in [-0.2, -0.15) is 10.4 Å². The van der Waals surface area contributed by atoms with E-state index in [0.29, 0.717) is 54.4 Å². The molecule has 0 spiro atoms. The Hall–Kier alpha value is -3.70. The number of hydrogen-bond donors (Lipinski definition) is 1. The van der Waals surface area contributed by atoms with Crippen molar-refractivity contribution in [2.45, 2.75) is 82.3 Å². The fourth-order valence-electron chi connectivity index (χ4n) is 6.61. The van der Waals surface area contributed by atoms with Gasteiger partial charge in [-0.25, -0.2) is 4.98 Å². The normalized spacial score (nSPS) is 24.4. The van der Waals surface area contributed by atoms with E-state index in [-0.39, 0.29) is 17.9 Å². The number of anilines is 1. The number of rotatable bonds is 8. The first kappa shape index (κ1) is 27.5. The molecule has 0 bridgehead atoms. The second kappa shape index (κ2) is 12.0. The van der Waals surface area contributed by atoms with E-state index < -0.39 is 0 Å². The Morgan fingerprint density at radius 1 is 1.05 bits per heavy atom. The van der Waals surface area contributed by atoms with Crippen molar-refractivity contribution in [1.82, 2.24) is 14.8 Å². The summed E-state index contributed by atoms with van der Waals surface area (Å²) in [6.07, 6.45) is 14.7. The molecule has 3 aromatic rings. The fourth-order valence-corrected chi connectivity index (χ4v) is 6.61. The van der Waals surface area contributed by atoms with Crippen molar-refractivity contribution in [3.8, 4) is 22.9 Å². The van der Waals surface area contributed by atoms with Gasteiger partial charge in [0, 0.05) is 30.4 Å². The first-order chi connectivity index (χ1) is 20.0. The number of carbonyl (C=O) groups excluding carboxylic acids is 1. The average molecular weight is 554 g/mol. The minimum absolute atomic E-state index is 0.0819. The van der Waals surface area contributed by atoms with Gasteiger partial charge in [0.15, 0.2) is 0 Å². The van der Waals surface area contributed by atoms with Gasteiger partial charge in [-0.05, 0) is 111 Å². The molecule has 1 N–H and O–H groups in total. The van der Waals surface area contributed by atoms with E-state index >= 15 is 0 Å². The van der Waals surface area contributed by atoms with Gasteiger partial charge in [-0.1, -0.05) is 6.07 Å². The van der Waals surface area contributed by atoms with Crippen LogP contribution in [-0.2, 0) is 4.79 Å². The summed E-state index contributed by atoms with van der Waals surface area (Å²) in [5.74, 6) is 2.14. The number of amides is 1. The van der Waals surface area contributed by atoms with E-state index in [2.05, 4.69) is 23.4 Å². The molecule has 2 heterocycles. The minimum atomic E-state index is -0.299. The van der Waals surface area contributed by atoms with Crippen molar-refractivity contribution >= 4 is 11.7 Å². The molecule has 1 amide bonds. The van der Waals surface area contributed by atoms with Gasteiger partial charge in [0.1, 0.15) is 17.6 Å². The van der Waals surface area contributed by atoms with Crippen LogP contribution in [-0.4, -0.2) is 45.5 Å². The van der Waals surface area contributed by atoms with Gasteiger partial charge >= 0.3 is 0 Å². The molecule has 6 rings (SSSR count). The third-order valence-electron chi connectivity index (χ3n) is 9.29. The van der Waals surface area contributed by atoms with Crippen LogP contribution in [0.1, 0.15) is 87.3 Å². The number of carbonyl (C=O) groups is 1. The molecule has 8 heteroatoms. The van der Waals surface area contributed by atoms with Crippen LogP contribution < -0.4 is 9.64 Å². The highest BCUT2D eigenvalue weighted by atomic mass is 16.5. The molecular formula is C33H39N5O3. The summed E-state index contributed by atoms with van der Waals surface area (Å²) in [6, 6.07) is 12.8. The number of aliphatic hydroxyl groups excluding tert-OH is 1. The number of nitrogens with zero attached hydrogens (tertiary/aromatic N) is 5. The quantitative estimate of drug-likeness (QED) is 0.366. The van der Waals surface area contributed by atoms with Crippen molar-refractivity contribution < 1.29 is 14.6 Å². The molecule has 0 aliphatic heterocycles. The number of hydrogen-bond acceptors (Lipinski definition) is 6. The van der Waals surface area contributed by atoms with Crippen molar-refractivity contribution in [2.24, 2.45) is 11.8 Å². The lowest BCUT2D eigenvalue weighted by molar-refractivity contribution is -0.124. The Kier molecular flexibility index (Phi) is 8.06. The standard InChI is InChI=1S/C33H39N5O3/c1-41-31-13-8-25(16-27(31)18-34)23-4-2-22(3-5-23)20-37(33(40)24-6-11-30(39)12-7-24)32-17-26(14-15-35-32)28-19-36-38(21-28)29-9-10-29/h8,13-17,19,21-24,29-30,39H,2-7,9-12,20H2,1H3/t22-,23-,24-,30-. The van der Waals surface area contributed by atoms with E-state index in [1.165, 1.54) is 18.4 Å². The van der Waals surface area contributed by atoms with Gasteiger partial charge in [0.05, 0.1) is 31.0 Å². The smallest absolute Gasteiger partial charge is 0.231 e. The lowest BCUT2D eigenvalue weighted by Gasteiger charge is -2.35. The van der Waals surface area contributed by atoms with Crippen LogP contribution in [0.15, 0.2) is 48.9 Å². The van der Waals surface area contributed by atoms with E-state index in [9.17, 15) is 15.2 Å². The van der Waals surface area contributed by atoms with E-state index in [0.717, 1.165) is 49.7 Å². The molecule has 0 unspecified atom stereocenters. The zero-order valence-corrected chi connectivity index (χ0v) is 23.8. The minimum Gasteiger partial charge on any atom is -0.495 e. The summed E-state index contributed by atoms with van der Waals surface area (Å²) in [5.41, 5.74) is 3.84. The summed E-state index contributed by atoms with van der Waals surface area (Å²) in [5, 5.41) is 24.1. The monoisotopic (exact) mass is 553 g/mol. The van der Waals surface area contributed by atoms with E-state index in [1.54, 1.807) is 13.3 Å². The Morgan fingerprint density at radius 3 is 2.54 bits per heavy atom. The molecule has 1 aromatic carbocycles. The van der Waals surface area contributed by atoms with Crippen molar-refractivity contribution in [3.63, 3.8) is 0 Å².